The zero-order chi connectivity index (χ0) is 30.6. The highest BCUT2D eigenvalue weighted by Gasteiger charge is 2.32. The van der Waals surface area contributed by atoms with E-state index >= 15 is 0 Å². The first-order chi connectivity index (χ1) is 21.6. The average Bonchev–Trinajstić information content (AvgIpc) is 3.07. The van der Waals surface area contributed by atoms with Crippen LogP contribution in [0.4, 0.5) is 0 Å². The summed E-state index contributed by atoms with van der Waals surface area (Å²) in [5.74, 6) is 0.212. The summed E-state index contributed by atoms with van der Waals surface area (Å²) in [5.41, 5.74) is 5.79. The summed E-state index contributed by atoms with van der Waals surface area (Å²) in [6.07, 6.45) is 12.8. The van der Waals surface area contributed by atoms with Gasteiger partial charge in [0.15, 0.2) is 0 Å². The number of carbonyl (C=O) groups is 2. The van der Waals surface area contributed by atoms with Crippen LogP contribution in [0.15, 0.2) is 103 Å². The second-order valence-electron chi connectivity index (χ2n) is 11.7. The van der Waals surface area contributed by atoms with Crippen molar-refractivity contribution in [2.45, 2.75) is 64.7 Å². The van der Waals surface area contributed by atoms with E-state index in [9.17, 15) is 9.59 Å². The largest absolute Gasteiger partial charge is 0.426 e. The molecule has 0 atom stereocenters. The molecule has 226 valence electrons. The zero-order valence-corrected chi connectivity index (χ0v) is 25.6. The summed E-state index contributed by atoms with van der Waals surface area (Å²) >= 11 is 0. The Bertz CT molecular complexity index is 1490. The third kappa shape index (κ3) is 9.03. The molecule has 4 nitrogen and oxygen atoms in total. The molecule has 0 saturated heterocycles. The van der Waals surface area contributed by atoms with Gasteiger partial charge >= 0.3 is 11.9 Å². The maximum atomic E-state index is 12.9. The highest BCUT2D eigenvalue weighted by molar-refractivity contribution is 5.78. The molecule has 0 bridgehead atoms. The van der Waals surface area contributed by atoms with Crippen LogP contribution in [0.5, 0.6) is 11.5 Å². The molecule has 1 aliphatic rings. The van der Waals surface area contributed by atoms with Gasteiger partial charge in [0.25, 0.3) is 0 Å². The number of esters is 2. The molecule has 1 fully saturated rings. The predicted molar refractivity (Wildman–Crippen MR) is 178 cm³/mol. The lowest BCUT2D eigenvalue weighted by molar-refractivity contribution is -0.145. The fourth-order valence-electron chi connectivity index (χ4n) is 5.70. The van der Waals surface area contributed by atoms with Crippen LogP contribution in [-0.2, 0) is 16.0 Å². The van der Waals surface area contributed by atoms with E-state index in [0.29, 0.717) is 37.2 Å². The van der Waals surface area contributed by atoms with Crippen molar-refractivity contribution in [3.8, 4) is 22.6 Å². The first kappa shape index (κ1) is 31.0. The monoisotopic (exact) mass is 586 g/mol. The second kappa shape index (κ2) is 15.9. The Balaban J connectivity index is 1.05. The van der Waals surface area contributed by atoms with Gasteiger partial charge < -0.3 is 9.47 Å². The smallest absolute Gasteiger partial charge is 0.314 e. The molecular weight excluding hydrogens is 544 g/mol. The number of rotatable bonds is 12. The van der Waals surface area contributed by atoms with E-state index in [1.54, 1.807) is 0 Å². The van der Waals surface area contributed by atoms with Gasteiger partial charge in [-0.25, -0.2) is 0 Å². The standard InChI is InChI=1S/C40H42O4/c1-2-3-4-6-11-31-14-18-33(19-15-31)34-24-28-38(29-25-34)44-40(42)36-22-20-35(21-23-36)39(41)43-37-26-16-32(17-27-37)13-12-30-9-7-5-8-10-30/h5,7-10,12-19,24-29,35-36H,2-4,6,11,20-23H2,1H3. The summed E-state index contributed by atoms with van der Waals surface area (Å²) < 4.78 is 11.4. The lowest BCUT2D eigenvalue weighted by atomic mass is 9.82. The van der Waals surface area contributed by atoms with Crippen molar-refractivity contribution in [1.82, 2.24) is 0 Å². The third-order valence-electron chi connectivity index (χ3n) is 8.44. The van der Waals surface area contributed by atoms with Crippen molar-refractivity contribution in [3.63, 3.8) is 0 Å². The molecule has 0 unspecified atom stereocenters. The minimum atomic E-state index is -0.232. The van der Waals surface area contributed by atoms with Crippen molar-refractivity contribution in [2.75, 3.05) is 0 Å². The Morgan fingerprint density at radius 2 is 1.07 bits per heavy atom. The Morgan fingerprint density at radius 3 is 1.59 bits per heavy atom. The van der Waals surface area contributed by atoms with Crippen LogP contribution in [0.2, 0.25) is 0 Å². The van der Waals surface area contributed by atoms with Gasteiger partial charge in [-0.2, -0.15) is 0 Å². The first-order valence-electron chi connectivity index (χ1n) is 16.0. The molecular formula is C40H42O4. The molecule has 0 aliphatic heterocycles. The average molecular weight is 587 g/mol. The molecule has 1 aliphatic carbocycles. The highest BCUT2D eigenvalue weighted by atomic mass is 16.5. The Labute approximate surface area is 261 Å². The fraction of sp³-hybridized carbons (Fsp3) is 0.300. The molecule has 5 rings (SSSR count). The molecule has 0 radical (unpaired) electrons. The Kier molecular flexibility index (Phi) is 11.2. The number of ether oxygens (including phenoxy) is 2. The quantitative estimate of drug-likeness (QED) is 0.0717. The van der Waals surface area contributed by atoms with E-state index in [-0.39, 0.29) is 23.8 Å². The van der Waals surface area contributed by atoms with Crippen molar-refractivity contribution in [2.24, 2.45) is 11.8 Å². The van der Waals surface area contributed by atoms with E-state index in [1.807, 2.05) is 72.8 Å². The Morgan fingerprint density at radius 1 is 0.591 bits per heavy atom. The van der Waals surface area contributed by atoms with Crippen LogP contribution < -0.4 is 9.47 Å². The van der Waals surface area contributed by atoms with Crippen molar-refractivity contribution in [1.29, 1.82) is 0 Å². The molecule has 0 amide bonds. The molecule has 0 heterocycles. The van der Waals surface area contributed by atoms with Gasteiger partial charge in [0.1, 0.15) is 11.5 Å². The predicted octanol–water partition coefficient (Wildman–Crippen LogP) is 9.96. The molecule has 0 aromatic heterocycles. The topological polar surface area (TPSA) is 52.6 Å². The van der Waals surface area contributed by atoms with E-state index in [1.165, 1.54) is 31.2 Å². The van der Waals surface area contributed by atoms with Gasteiger partial charge in [0, 0.05) is 0 Å². The van der Waals surface area contributed by atoms with Crippen LogP contribution in [0.1, 0.15) is 75.0 Å². The van der Waals surface area contributed by atoms with Gasteiger partial charge in [-0.1, -0.05) is 117 Å². The zero-order valence-electron chi connectivity index (χ0n) is 25.6. The first-order valence-corrected chi connectivity index (χ1v) is 16.0. The number of hydrogen-bond donors (Lipinski definition) is 0. The molecule has 1 saturated carbocycles. The molecule has 0 N–H and O–H groups in total. The van der Waals surface area contributed by atoms with Crippen molar-refractivity contribution >= 4 is 24.1 Å². The summed E-state index contributed by atoms with van der Waals surface area (Å²) in [6.45, 7) is 2.24. The van der Waals surface area contributed by atoms with Gasteiger partial charge in [-0.15, -0.1) is 0 Å². The molecule has 0 spiro atoms. The van der Waals surface area contributed by atoms with Crippen molar-refractivity contribution < 1.29 is 19.1 Å². The third-order valence-corrected chi connectivity index (χ3v) is 8.44. The maximum absolute atomic E-state index is 12.9. The summed E-state index contributed by atoms with van der Waals surface area (Å²) in [4.78, 5) is 25.7. The van der Waals surface area contributed by atoms with Crippen LogP contribution in [0, 0.1) is 11.8 Å². The van der Waals surface area contributed by atoms with E-state index in [0.717, 1.165) is 28.7 Å². The van der Waals surface area contributed by atoms with Gasteiger partial charge in [0.2, 0.25) is 0 Å². The minimum Gasteiger partial charge on any atom is -0.426 e. The number of benzene rings is 4. The number of carbonyl (C=O) groups excluding carboxylic acids is 2. The summed E-state index contributed by atoms with van der Waals surface area (Å²) in [6, 6.07) is 34.1. The van der Waals surface area contributed by atoms with Gasteiger partial charge in [0.05, 0.1) is 11.8 Å². The van der Waals surface area contributed by atoms with Crippen LogP contribution in [0.3, 0.4) is 0 Å². The number of unbranched alkanes of at least 4 members (excludes halogenated alkanes) is 3. The summed E-state index contributed by atoms with van der Waals surface area (Å²) in [5, 5.41) is 0. The second-order valence-corrected chi connectivity index (χ2v) is 11.7. The van der Waals surface area contributed by atoms with Crippen LogP contribution in [-0.4, -0.2) is 11.9 Å². The van der Waals surface area contributed by atoms with E-state index < -0.39 is 0 Å². The van der Waals surface area contributed by atoms with E-state index in [4.69, 9.17) is 9.47 Å². The van der Waals surface area contributed by atoms with Gasteiger partial charge in [-0.3, -0.25) is 9.59 Å². The van der Waals surface area contributed by atoms with Crippen molar-refractivity contribution in [3.05, 3.63) is 120 Å². The number of aryl methyl sites for hydroxylation is 1. The van der Waals surface area contributed by atoms with Gasteiger partial charge in [-0.05, 0) is 90.6 Å². The SMILES string of the molecule is CCCCCCc1ccc(-c2ccc(OC(=O)C3CCC(C(=O)Oc4ccc(C=Cc5ccccc5)cc4)CC3)cc2)cc1. The summed E-state index contributed by atoms with van der Waals surface area (Å²) in [7, 11) is 0. The normalized spacial score (nSPS) is 16.5. The van der Waals surface area contributed by atoms with E-state index in [2.05, 4.69) is 49.4 Å². The lowest BCUT2D eigenvalue weighted by Gasteiger charge is -2.25. The maximum Gasteiger partial charge on any atom is 0.314 e. The van der Waals surface area contributed by atoms with Crippen LogP contribution >= 0.6 is 0 Å². The molecule has 4 heteroatoms. The molecule has 4 aromatic rings. The number of hydrogen-bond acceptors (Lipinski definition) is 4. The fourth-order valence-corrected chi connectivity index (χ4v) is 5.70. The lowest BCUT2D eigenvalue weighted by Crippen LogP contribution is -2.30. The van der Waals surface area contributed by atoms with Crippen LogP contribution in [0.25, 0.3) is 23.3 Å². The molecule has 44 heavy (non-hydrogen) atoms. The Hall–Kier alpha value is -4.44. The highest BCUT2D eigenvalue weighted by Crippen LogP contribution is 2.32. The molecule has 4 aromatic carbocycles. The minimum absolute atomic E-state index is 0.209.